The summed E-state index contributed by atoms with van der Waals surface area (Å²) in [5.41, 5.74) is 0. The molecule has 142 valence electrons. The molecule has 10 nitrogen and oxygen atoms in total. The molecular formula is C14H25N5O5S. The number of hydrogen-bond donors (Lipinski definition) is 3. The Bertz CT molecular complexity index is 677. The zero-order chi connectivity index (χ0) is 18.4. The van der Waals surface area contributed by atoms with Crippen LogP contribution in [0, 0.1) is 12.8 Å². The molecule has 0 radical (unpaired) electrons. The summed E-state index contributed by atoms with van der Waals surface area (Å²) in [6, 6.07) is 0.333. The van der Waals surface area contributed by atoms with Crippen LogP contribution in [0.5, 0.6) is 0 Å². The highest BCUT2D eigenvalue weighted by Gasteiger charge is 2.34. The number of ether oxygens (including phenoxy) is 1. The number of nitrogens with zero attached hydrogens (tertiary/aromatic N) is 2. The van der Waals surface area contributed by atoms with Gasteiger partial charge in [0.2, 0.25) is 21.8 Å². The van der Waals surface area contributed by atoms with E-state index in [0.29, 0.717) is 24.7 Å². The molecule has 0 aromatic carbocycles. The summed E-state index contributed by atoms with van der Waals surface area (Å²) in [4.78, 5) is 12.2. The molecule has 1 aliphatic carbocycles. The van der Waals surface area contributed by atoms with E-state index in [9.17, 15) is 13.2 Å². The molecule has 1 saturated carbocycles. The monoisotopic (exact) mass is 375 g/mol. The van der Waals surface area contributed by atoms with E-state index in [-0.39, 0.29) is 37.1 Å². The number of carbonyl (C=O) groups excluding carboxylic acids is 1. The Hall–Kier alpha value is -1.72. The Kier molecular flexibility index (Phi) is 6.73. The van der Waals surface area contributed by atoms with Crippen molar-refractivity contribution in [3.05, 3.63) is 5.89 Å². The molecule has 1 amide bonds. The molecule has 1 heterocycles. The standard InChI is InChI=1S/C14H25N5O5S/c1-9-18-19-14(24-9)17-11-5-4-10(8-12(11)23-2)13(20)15-6-7-16-25(3,21)22/h10-12,16H,4-8H2,1-3H3,(H,15,20)(H,17,19)/t10-,11+,12+/m0/s1. The van der Waals surface area contributed by atoms with Gasteiger partial charge < -0.3 is 19.8 Å². The van der Waals surface area contributed by atoms with Crippen molar-refractivity contribution in [3.63, 3.8) is 0 Å². The highest BCUT2D eigenvalue weighted by Crippen LogP contribution is 2.28. The lowest BCUT2D eigenvalue weighted by molar-refractivity contribution is -0.127. The maximum atomic E-state index is 12.2. The molecule has 11 heteroatoms. The van der Waals surface area contributed by atoms with Crippen molar-refractivity contribution in [2.45, 2.75) is 38.3 Å². The minimum absolute atomic E-state index is 0.0131. The number of carbonyl (C=O) groups is 1. The number of nitrogens with one attached hydrogen (secondary N) is 3. The second-order valence-electron chi connectivity index (χ2n) is 6.12. The Labute approximate surface area is 147 Å². The summed E-state index contributed by atoms with van der Waals surface area (Å²) in [6.45, 7) is 2.14. The molecule has 3 atom stereocenters. The predicted molar refractivity (Wildman–Crippen MR) is 90.4 cm³/mol. The molecule has 0 bridgehead atoms. The highest BCUT2D eigenvalue weighted by molar-refractivity contribution is 7.88. The van der Waals surface area contributed by atoms with Gasteiger partial charge in [0.25, 0.3) is 0 Å². The van der Waals surface area contributed by atoms with Crippen LogP contribution in [0.25, 0.3) is 0 Å². The van der Waals surface area contributed by atoms with Gasteiger partial charge in [0, 0.05) is 33.0 Å². The summed E-state index contributed by atoms with van der Waals surface area (Å²) >= 11 is 0. The van der Waals surface area contributed by atoms with Gasteiger partial charge in [-0.25, -0.2) is 13.1 Å². The molecule has 1 aromatic rings. The molecule has 0 saturated heterocycles. The molecule has 0 spiro atoms. The molecule has 0 unspecified atom stereocenters. The Balaban J connectivity index is 1.80. The molecular weight excluding hydrogens is 350 g/mol. The molecule has 25 heavy (non-hydrogen) atoms. The maximum absolute atomic E-state index is 12.2. The molecule has 2 rings (SSSR count). The van der Waals surface area contributed by atoms with Crippen LogP contribution >= 0.6 is 0 Å². The van der Waals surface area contributed by atoms with Gasteiger partial charge in [0.05, 0.1) is 18.4 Å². The van der Waals surface area contributed by atoms with Crippen molar-refractivity contribution in [1.29, 1.82) is 0 Å². The first-order valence-electron chi connectivity index (χ1n) is 8.10. The summed E-state index contributed by atoms with van der Waals surface area (Å²) in [6.07, 6.45) is 2.89. The largest absolute Gasteiger partial charge is 0.408 e. The number of aryl methyl sites for hydroxylation is 1. The van der Waals surface area contributed by atoms with Gasteiger partial charge in [-0.1, -0.05) is 5.10 Å². The summed E-state index contributed by atoms with van der Waals surface area (Å²) in [5.74, 6) is 0.210. The van der Waals surface area contributed by atoms with E-state index in [0.717, 1.165) is 12.7 Å². The van der Waals surface area contributed by atoms with E-state index in [1.54, 1.807) is 14.0 Å². The smallest absolute Gasteiger partial charge is 0.315 e. The van der Waals surface area contributed by atoms with Crippen LogP contribution in [0.3, 0.4) is 0 Å². The Morgan fingerprint density at radius 3 is 2.68 bits per heavy atom. The van der Waals surface area contributed by atoms with Gasteiger partial charge in [0.1, 0.15) is 0 Å². The predicted octanol–water partition coefficient (Wildman–Crippen LogP) is -0.361. The lowest BCUT2D eigenvalue weighted by Gasteiger charge is -2.34. The van der Waals surface area contributed by atoms with E-state index in [1.165, 1.54) is 0 Å². The van der Waals surface area contributed by atoms with Crippen LogP contribution in [0.1, 0.15) is 25.2 Å². The fourth-order valence-corrected chi connectivity index (χ4v) is 3.35. The average Bonchev–Trinajstić information content (AvgIpc) is 2.96. The first-order chi connectivity index (χ1) is 11.8. The number of rotatable bonds is 8. The normalized spacial score (nSPS) is 24.0. The van der Waals surface area contributed by atoms with Gasteiger partial charge in [-0.2, -0.15) is 0 Å². The first-order valence-corrected chi connectivity index (χ1v) is 9.99. The van der Waals surface area contributed by atoms with Crippen molar-refractivity contribution < 1.29 is 22.4 Å². The molecule has 0 aliphatic heterocycles. The van der Waals surface area contributed by atoms with Gasteiger partial charge in [0.15, 0.2) is 0 Å². The molecule has 3 N–H and O–H groups in total. The van der Waals surface area contributed by atoms with Gasteiger partial charge in [-0.3, -0.25) is 4.79 Å². The lowest BCUT2D eigenvalue weighted by atomic mass is 9.83. The van der Waals surface area contributed by atoms with Crippen molar-refractivity contribution in [2.24, 2.45) is 5.92 Å². The second kappa shape index (κ2) is 8.59. The van der Waals surface area contributed by atoms with Crippen LogP contribution in [0.2, 0.25) is 0 Å². The number of anilines is 1. The van der Waals surface area contributed by atoms with E-state index in [1.807, 2.05) is 0 Å². The lowest BCUT2D eigenvalue weighted by Crippen LogP contribution is -2.45. The van der Waals surface area contributed by atoms with Crippen LogP contribution in [-0.2, 0) is 19.6 Å². The number of methoxy groups -OCH3 is 1. The number of amides is 1. The van der Waals surface area contributed by atoms with E-state index < -0.39 is 10.0 Å². The topological polar surface area (TPSA) is 135 Å². The minimum Gasteiger partial charge on any atom is -0.408 e. The van der Waals surface area contributed by atoms with E-state index >= 15 is 0 Å². The molecule has 1 aliphatic rings. The average molecular weight is 375 g/mol. The SMILES string of the molecule is CO[C@@H]1C[C@@H](C(=O)NCCNS(C)(=O)=O)CC[C@H]1Nc1nnc(C)o1. The van der Waals surface area contributed by atoms with Crippen molar-refractivity contribution in [3.8, 4) is 0 Å². The fraction of sp³-hybridized carbons (Fsp3) is 0.786. The van der Waals surface area contributed by atoms with Crippen LogP contribution < -0.4 is 15.4 Å². The highest BCUT2D eigenvalue weighted by atomic mass is 32.2. The van der Waals surface area contributed by atoms with Crippen molar-refractivity contribution in [1.82, 2.24) is 20.2 Å². The van der Waals surface area contributed by atoms with Crippen LogP contribution in [0.15, 0.2) is 4.42 Å². The zero-order valence-electron chi connectivity index (χ0n) is 14.6. The number of sulfonamides is 1. The first kappa shape index (κ1) is 19.6. The zero-order valence-corrected chi connectivity index (χ0v) is 15.4. The minimum atomic E-state index is -3.24. The third-order valence-electron chi connectivity index (χ3n) is 4.09. The maximum Gasteiger partial charge on any atom is 0.315 e. The summed E-state index contributed by atoms with van der Waals surface area (Å²) in [5, 5.41) is 13.6. The second-order valence-corrected chi connectivity index (χ2v) is 7.95. The third-order valence-corrected chi connectivity index (χ3v) is 4.82. The van der Waals surface area contributed by atoms with Gasteiger partial charge in [-0.05, 0) is 19.3 Å². The van der Waals surface area contributed by atoms with Crippen LogP contribution in [-0.4, -0.2) is 63.1 Å². The van der Waals surface area contributed by atoms with Crippen molar-refractivity contribution in [2.75, 3.05) is 31.8 Å². The Morgan fingerprint density at radius 2 is 2.08 bits per heavy atom. The Morgan fingerprint density at radius 1 is 1.32 bits per heavy atom. The number of hydrogen-bond acceptors (Lipinski definition) is 8. The van der Waals surface area contributed by atoms with Crippen LogP contribution in [0.4, 0.5) is 6.01 Å². The number of aromatic nitrogens is 2. The quantitative estimate of drug-likeness (QED) is 0.524. The van der Waals surface area contributed by atoms with E-state index in [2.05, 4.69) is 25.6 Å². The van der Waals surface area contributed by atoms with Gasteiger partial charge in [-0.15, -0.1) is 5.10 Å². The van der Waals surface area contributed by atoms with E-state index in [4.69, 9.17) is 9.15 Å². The van der Waals surface area contributed by atoms with Crippen molar-refractivity contribution >= 4 is 21.9 Å². The molecule has 1 aromatic heterocycles. The third kappa shape index (κ3) is 6.25. The molecule has 1 fully saturated rings. The fourth-order valence-electron chi connectivity index (χ4n) is 2.87. The summed E-state index contributed by atoms with van der Waals surface area (Å²) < 4.78 is 35.1. The summed E-state index contributed by atoms with van der Waals surface area (Å²) in [7, 11) is -1.64. The van der Waals surface area contributed by atoms with Gasteiger partial charge >= 0.3 is 6.01 Å².